The summed E-state index contributed by atoms with van der Waals surface area (Å²) in [6.07, 6.45) is 0. The molecular formula is C31H22N2. The molecular weight excluding hydrogens is 400 g/mol. The minimum absolute atomic E-state index is 0.777. The molecule has 156 valence electrons. The van der Waals surface area contributed by atoms with Crippen LogP contribution in [0.5, 0.6) is 0 Å². The number of rotatable bonds is 3. The fourth-order valence-corrected chi connectivity index (χ4v) is 4.61. The Balaban J connectivity index is 1.64. The van der Waals surface area contributed by atoms with Crippen LogP contribution < -0.4 is 0 Å². The molecule has 0 aliphatic carbocycles. The number of fused-ring (bicyclic) bond motifs is 2. The Kier molecular flexibility index (Phi) is 4.70. The topological polar surface area (TPSA) is 25.8 Å². The molecule has 0 bridgehead atoms. The first-order valence-corrected chi connectivity index (χ1v) is 11.2. The molecule has 5 aromatic carbocycles. The smallest absolute Gasteiger partial charge is 0.126 e. The lowest BCUT2D eigenvalue weighted by atomic mass is 9.92. The third-order valence-corrected chi connectivity index (χ3v) is 6.15. The van der Waals surface area contributed by atoms with Crippen LogP contribution in [0.4, 0.5) is 0 Å². The predicted octanol–water partition coefficient (Wildman–Crippen LogP) is 8.09. The van der Waals surface area contributed by atoms with E-state index in [0.717, 1.165) is 39.1 Å². The molecule has 0 spiro atoms. The zero-order valence-electron chi connectivity index (χ0n) is 18.4. The third kappa shape index (κ3) is 3.46. The van der Waals surface area contributed by atoms with Crippen molar-refractivity contribution in [2.45, 2.75) is 6.92 Å². The molecule has 6 rings (SSSR count). The van der Waals surface area contributed by atoms with E-state index in [1.807, 2.05) is 19.1 Å². The number of aromatic nitrogens is 2. The highest BCUT2D eigenvalue weighted by molar-refractivity contribution is 6.14. The molecule has 1 aromatic heterocycles. The Morgan fingerprint density at radius 3 is 1.79 bits per heavy atom. The lowest BCUT2D eigenvalue weighted by molar-refractivity contribution is 1.10. The fourth-order valence-electron chi connectivity index (χ4n) is 4.61. The lowest BCUT2D eigenvalue weighted by Gasteiger charge is -2.15. The van der Waals surface area contributed by atoms with E-state index < -0.39 is 0 Å². The molecule has 0 saturated heterocycles. The zero-order chi connectivity index (χ0) is 22.2. The van der Waals surface area contributed by atoms with Gasteiger partial charge in [0, 0.05) is 16.5 Å². The van der Waals surface area contributed by atoms with E-state index in [4.69, 9.17) is 9.97 Å². The summed E-state index contributed by atoms with van der Waals surface area (Å²) in [6, 6.07) is 40.5. The van der Waals surface area contributed by atoms with Crippen molar-refractivity contribution in [2.75, 3.05) is 0 Å². The highest BCUT2D eigenvalue weighted by Gasteiger charge is 2.16. The molecule has 0 amide bonds. The summed E-state index contributed by atoms with van der Waals surface area (Å²) in [4.78, 5) is 9.81. The van der Waals surface area contributed by atoms with Gasteiger partial charge < -0.3 is 0 Å². The molecule has 33 heavy (non-hydrogen) atoms. The predicted molar refractivity (Wildman–Crippen MR) is 138 cm³/mol. The number of aryl methyl sites for hydroxylation is 1. The summed E-state index contributed by atoms with van der Waals surface area (Å²) in [5.74, 6) is 0.777. The Hall–Kier alpha value is -4.30. The minimum atomic E-state index is 0.777. The second-order valence-corrected chi connectivity index (χ2v) is 8.30. The van der Waals surface area contributed by atoms with E-state index >= 15 is 0 Å². The van der Waals surface area contributed by atoms with Crippen molar-refractivity contribution in [3.63, 3.8) is 0 Å². The van der Waals surface area contributed by atoms with Gasteiger partial charge in [0.15, 0.2) is 0 Å². The molecule has 0 saturated carbocycles. The molecule has 1 heterocycles. The first-order valence-electron chi connectivity index (χ1n) is 11.2. The van der Waals surface area contributed by atoms with E-state index in [-0.39, 0.29) is 0 Å². The van der Waals surface area contributed by atoms with Crippen LogP contribution in [0.25, 0.3) is 55.2 Å². The SMILES string of the molecule is Cc1nc(-c2ccccc2)c2cc3ccccc3c(-c3ccc(-c4ccccc4)cc3)c2n1. The minimum Gasteiger partial charge on any atom is -0.233 e. The van der Waals surface area contributed by atoms with Crippen molar-refractivity contribution in [2.24, 2.45) is 0 Å². The second-order valence-electron chi connectivity index (χ2n) is 8.30. The average molecular weight is 423 g/mol. The van der Waals surface area contributed by atoms with Crippen LogP contribution in [-0.4, -0.2) is 9.97 Å². The molecule has 0 fully saturated rings. The number of hydrogen-bond donors (Lipinski definition) is 0. The van der Waals surface area contributed by atoms with Crippen molar-refractivity contribution in [1.82, 2.24) is 9.97 Å². The van der Waals surface area contributed by atoms with Crippen LogP contribution in [0.3, 0.4) is 0 Å². The first-order chi connectivity index (χ1) is 16.3. The molecule has 0 aliphatic heterocycles. The van der Waals surface area contributed by atoms with Crippen LogP contribution in [-0.2, 0) is 0 Å². The molecule has 0 unspecified atom stereocenters. The summed E-state index contributed by atoms with van der Waals surface area (Å²) in [5, 5.41) is 3.47. The average Bonchev–Trinajstić information content (AvgIpc) is 2.88. The van der Waals surface area contributed by atoms with Gasteiger partial charge in [-0.05, 0) is 40.5 Å². The molecule has 0 N–H and O–H groups in total. The largest absolute Gasteiger partial charge is 0.233 e. The summed E-state index contributed by atoms with van der Waals surface area (Å²) >= 11 is 0. The highest BCUT2D eigenvalue weighted by atomic mass is 14.9. The van der Waals surface area contributed by atoms with Gasteiger partial charge in [-0.1, -0.05) is 109 Å². The van der Waals surface area contributed by atoms with E-state index in [0.29, 0.717) is 0 Å². The number of hydrogen-bond acceptors (Lipinski definition) is 2. The van der Waals surface area contributed by atoms with Crippen molar-refractivity contribution in [1.29, 1.82) is 0 Å². The highest BCUT2D eigenvalue weighted by Crippen LogP contribution is 2.39. The maximum absolute atomic E-state index is 4.96. The third-order valence-electron chi connectivity index (χ3n) is 6.15. The van der Waals surface area contributed by atoms with E-state index in [1.54, 1.807) is 0 Å². The second kappa shape index (κ2) is 7.99. The quantitative estimate of drug-likeness (QED) is 0.269. The van der Waals surface area contributed by atoms with E-state index in [9.17, 15) is 0 Å². The fraction of sp³-hybridized carbons (Fsp3) is 0.0323. The van der Waals surface area contributed by atoms with Crippen molar-refractivity contribution < 1.29 is 0 Å². The standard InChI is InChI=1S/C31H22N2/c1-21-32-30(25-12-6-3-7-13-25)28-20-26-14-8-9-15-27(26)29(31(28)33-21)24-18-16-23(17-19-24)22-10-4-2-5-11-22/h2-20H,1H3. The van der Waals surface area contributed by atoms with Crippen LogP contribution in [0.15, 0.2) is 115 Å². The number of nitrogens with zero attached hydrogens (tertiary/aromatic N) is 2. The van der Waals surface area contributed by atoms with Crippen LogP contribution >= 0.6 is 0 Å². The number of benzene rings is 5. The van der Waals surface area contributed by atoms with Crippen LogP contribution in [0.2, 0.25) is 0 Å². The van der Waals surface area contributed by atoms with Crippen LogP contribution in [0, 0.1) is 6.92 Å². The Bertz CT molecular complexity index is 1590. The van der Waals surface area contributed by atoms with Gasteiger partial charge in [-0.2, -0.15) is 0 Å². The van der Waals surface area contributed by atoms with Gasteiger partial charge in [-0.15, -0.1) is 0 Å². The van der Waals surface area contributed by atoms with Gasteiger partial charge >= 0.3 is 0 Å². The summed E-state index contributed by atoms with van der Waals surface area (Å²) in [7, 11) is 0. The molecule has 0 aliphatic rings. The molecule has 0 radical (unpaired) electrons. The van der Waals surface area contributed by atoms with E-state index in [1.165, 1.54) is 21.9 Å². The van der Waals surface area contributed by atoms with Crippen LogP contribution in [0.1, 0.15) is 5.82 Å². The van der Waals surface area contributed by atoms with Gasteiger partial charge in [0.25, 0.3) is 0 Å². The Morgan fingerprint density at radius 1 is 0.485 bits per heavy atom. The van der Waals surface area contributed by atoms with Gasteiger partial charge in [0.2, 0.25) is 0 Å². The molecule has 0 atom stereocenters. The molecule has 2 heteroatoms. The van der Waals surface area contributed by atoms with Crippen molar-refractivity contribution in [3.8, 4) is 33.5 Å². The van der Waals surface area contributed by atoms with Gasteiger partial charge in [-0.25, -0.2) is 9.97 Å². The van der Waals surface area contributed by atoms with Gasteiger partial charge in [-0.3, -0.25) is 0 Å². The van der Waals surface area contributed by atoms with Gasteiger partial charge in [0.1, 0.15) is 5.82 Å². The Labute approximate surface area is 193 Å². The molecule has 2 nitrogen and oxygen atoms in total. The van der Waals surface area contributed by atoms with Crippen molar-refractivity contribution >= 4 is 21.7 Å². The molecule has 6 aromatic rings. The van der Waals surface area contributed by atoms with Crippen molar-refractivity contribution in [3.05, 3.63) is 121 Å². The maximum atomic E-state index is 4.96. The summed E-state index contributed by atoms with van der Waals surface area (Å²) in [5.41, 5.74) is 7.82. The lowest BCUT2D eigenvalue weighted by Crippen LogP contribution is -1.97. The summed E-state index contributed by atoms with van der Waals surface area (Å²) < 4.78 is 0. The first kappa shape index (κ1) is 19.4. The maximum Gasteiger partial charge on any atom is 0.126 e. The normalized spacial score (nSPS) is 11.2. The van der Waals surface area contributed by atoms with E-state index in [2.05, 4.69) is 103 Å². The summed E-state index contributed by atoms with van der Waals surface area (Å²) in [6.45, 7) is 1.98. The van der Waals surface area contributed by atoms with Gasteiger partial charge in [0.05, 0.1) is 11.2 Å². The zero-order valence-corrected chi connectivity index (χ0v) is 18.4. The Morgan fingerprint density at radius 2 is 1.06 bits per heavy atom. The monoisotopic (exact) mass is 422 g/mol.